The Labute approximate surface area is 195 Å². The Bertz CT molecular complexity index is 1220. The molecule has 4 rings (SSSR count). The highest BCUT2D eigenvalue weighted by atomic mass is 19.1. The highest BCUT2D eigenvalue weighted by molar-refractivity contribution is 5.98. The number of nitriles is 1. The van der Waals surface area contributed by atoms with Crippen molar-refractivity contribution in [3.63, 3.8) is 0 Å². The first kappa shape index (κ1) is 22.8. The number of carbonyl (C=O) groups is 2. The van der Waals surface area contributed by atoms with Crippen molar-refractivity contribution in [2.45, 2.75) is 24.9 Å². The van der Waals surface area contributed by atoms with Gasteiger partial charge in [-0.1, -0.05) is 30.3 Å². The molecule has 34 heavy (non-hydrogen) atoms. The fourth-order valence-electron chi connectivity index (χ4n) is 4.37. The van der Waals surface area contributed by atoms with Gasteiger partial charge < -0.3 is 21.1 Å². The average molecular weight is 462 g/mol. The number of hydrogen-bond acceptors (Lipinski definition) is 5. The van der Waals surface area contributed by atoms with E-state index in [1.54, 1.807) is 0 Å². The molecule has 1 saturated heterocycles. The van der Waals surface area contributed by atoms with Gasteiger partial charge in [-0.05, 0) is 42.7 Å². The summed E-state index contributed by atoms with van der Waals surface area (Å²) in [6.07, 6.45) is 1.09. The molecule has 4 N–H and O–H groups in total. The van der Waals surface area contributed by atoms with E-state index in [4.69, 9.17) is 5.73 Å². The molecule has 9 nitrogen and oxygen atoms in total. The van der Waals surface area contributed by atoms with Crippen LogP contribution in [0, 0.1) is 23.1 Å². The predicted molar refractivity (Wildman–Crippen MR) is 122 cm³/mol. The first-order chi connectivity index (χ1) is 16.4. The van der Waals surface area contributed by atoms with Gasteiger partial charge >= 0.3 is 6.09 Å². The normalized spacial score (nSPS) is 19.9. The van der Waals surface area contributed by atoms with Crippen molar-refractivity contribution in [2.75, 3.05) is 11.9 Å². The molecule has 1 unspecified atom stereocenters. The Morgan fingerprint density at radius 2 is 1.91 bits per heavy atom. The number of halogens is 1. The lowest BCUT2D eigenvalue weighted by Crippen LogP contribution is -2.52. The molecule has 0 radical (unpaired) electrons. The van der Waals surface area contributed by atoms with Crippen molar-refractivity contribution < 1.29 is 19.1 Å². The summed E-state index contributed by atoms with van der Waals surface area (Å²) in [5, 5.41) is 27.3. The number of piperidine rings is 1. The van der Waals surface area contributed by atoms with Crippen LogP contribution in [0.15, 0.2) is 60.8 Å². The van der Waals surface area contributed by atoms with Crippen LogP contribution in [0.5, 0.6) is 0 Å². The Hall–Kier alpha value is -4.39. The molecule has 174 valence electrons. The summed E-state index contributed by atoms with van der Waals surface area (Å²) in [6, 6.07) is 16.1. The summed E-state index contributed by atoms with van der Waals surface area (Å²) < 4.78 is 14.8. The average Bonchev–Trinajstić information content (AvgIpc) is 3.24. The zero-order valence-electron chi connectivity index (χ0n) is 18.1. The number of nitrogens with zero attached hydrogens (tertiary/aromatic N) is 4. The second-order valence-electron chi connectivity index (χ2n) is 8.11. The monoisotopic (exact) mass is 462 g/mol. The van der Waals surface area contributed by atoms with Gasteiger partial charge in [0.1, 0.15) is 11.4 Å². The third-order valence-electron chi connectivity index (χ3n) is 6.02. The van der Waals surface area contributed by atoms with Gasteiger partial charge in [-0.25, -0.2) is 9.18 Å². The lowest BCUT2D eigenvalue weighted by atomic mass is 9.82. The molecule has 0 aliphatic carbocycles. The van der Waals surface area contributed by atoms with Gasteiger partial charge in [0.2, 0.25) is 0 Å². The smallest absolute Gasteiger partial charge is 0.407 e. The molecule has 2 heterocycles. The van der Waals surface area contributed by atoms with Gasteiger partial charge in [0, 0.05) is 18.4 Å². The Balaban J connectivity index is 1.67. The number of carbonyl (C=O) groups excluding carboxylic acids is 1. The molecule has 1 aliphatic rings. The van der Waals surface area contributed by atoms with E-state index >= 15 is 0 Å². The Morgan fingerprint density at radius 1 is 1.21 bits per heavy atom. The van der Waals surface area contributed by atoms with Crippen LogP contribution >= 0.6 is 0 Å². The molecule has 0 bridgehead atoms. The minimum Gasteiger partial charge on any atom is -0.465 e. The van der Waals surface area contributed by atoms with Gasteiger partial charge in [-0.3, -0.25) is 9.48 Å². The van der Waals surface area contributed by atoms with Gasteiger partial charge in [0.15, 0.2) is 5.82 Å². The number of benzene rings is 2. The van der Waals surface area contributed by atoms with Crippen LogP contribution in [-0.4, -0.2) is 44.4 Å². The van der Waals surface area contributed by atoms with Crippen molar-refractivity contribution >= 4 is 23.5 Å². The quantitative estimate of drug-likeness (QED) is 0.512. The van der Waals surface area contributed by atoms with E-state index in [0.717, 1.165) is 5.56 Å². The fraction of sp³-hybridized carbons (Fsp3) is 0.250. The second-order valence-corrected chi connectivity index (χ2v) is 8.11. The van der Waals surface area contributed by atoms with Crippen molar-refractivity contribution in [2.24, 2.45) is 11.7 Å². The topological polar surface area (TPSA) is 137 Å². The third kappa shape index (κ3) is 4.68. The molecule has 1 aliphatic heterocycles. The van der Waals surface area contributed by atoms with E-state index in [1.165, 1.54) is 40.0 Å². The molecule has 1 aromatic heterocycles. The number of primary amides is 1. The maximum Gasteiger partial charge on any atom is 0.407 e. The predicted octanol–water partition coefficient (Wildman–Crippen LogP) is 3.54. The van der Waals surface area contributed by atoms with Crippen molar-refractivity contribution in [1.29, 1.82) is 5.26 Å². The first-order valence-corrected chi connectivity index (χ1v) is 10.7. The highest BCUT2D eigenvalue weighted by Crippen LogP contribution is 2.35. The lowest BCUT2D eigenvalue weighted by Gasteiger charge is -2.41. The van der Waals surface area contributed by atoms with Crippen molar-refractivity contribution in [3.05, 3.63) is 77.7 Å². The molecule has 0 spiro atoms. The minimum atomic E-state index is -1.09. The molecule has 3 atom stereocenters. The number of nitrogens with two attached hydrogens (primary N) is 1. The van der Waals surface area contributed by atoms with Gasteiger partial charge in [0.25, 0.3) is 5.91 Å². The lowest BCUT2D eigenvalue weighted by molar-refractivity contribution is 0.0670. The zero-order chi connectivity index (χ0) is 24.2. The summed E-state index contributed by atoms with van der Waals surface area (Å²) >= 11 is 0. The molecule has 2 aromatic carbocycles. The SMILES string of the molecule is N#C[C@@H]1C(Cc2ccccc2)N(C(=O)O)CC[C@H]1n1cc(C(N)=O)c(Nc2ccc(F)cc2)n1. The summed E-state index contributed by atoms with van der Waals surface area (Å²) in [6.45, 7) is 0.210. The molecular formula is C24H23FN6O3. The molecule has 0 saturated carbocycles. The van der Waals surface area contributed by atoms with Crippen LogP contribution in [0.2, 0.25) is 0 Å². The maximum atomic E-state index is 13.2. The molecule has 3 aromatic rings. The summed E-state index contributed by atoms with van der Waals surface area (Å²) in [4.78, 5) is 25.3. The molecule has 1 fully saturated rings. The van der Waals surface area contributed by atoms with Crippen LogP contribution in [0.1, 0.15) is 28.4 Å². The molecule has 2 amide bonds. The van der Waals surface area contributed by atoms with Crippen molar-refractivity contribution in [1.82, 2.24) is 14.7 Å². The number of likely N-dealkylation sites (tertiary alicyclic amines) is 1. The van der Waals surface area contributed by atoms with Crippen LogP contribution in [-0.2, 0) is 6.42 Å². The Kier molecular flexibility index (Phi) is 6.45. The standard InChI is InChI=1S/C24H23FN6O3/c25-16-6-8-17(9-7-16)28-23-19(22(27)32)14-31(29-23)20-10-11-30(24(33)34)21(18(20)13-26)12-15-4-2-1-3-5-15/h1-9,14,18,20-21H,10-12H2,(H2,27,32)(H,28,29)(H,33,34)/t18-,20+,21?/m0/s1. The van der Waals surface area contributed by atoms with Gasteiger partial charge in [-0.15, -0.1) is 0 Å². The highest BCUT2D eigenvalue weighted by Gasteiger charge is 2.42. The van der Waals surface area contributed by atoms with E-state index in [1.807, 2.05) is 30.3 Å². The second kappa shape index (κ2) is 9.62. The first-order valence-electron chi connectivity index (χ1n) is 10.7. The largest absolute Gasteiger partial charge is 0.465 e. The maximum absolute atomic E-state index is 13.2. The van der Waals surface area contributed by atoms with Crippen LogP contribution < -0.4 is 11.1 Å². The number of hydrogen-bond donors (Lipinski definition) is 3. The van der Waals surface area contributed by atoms with Gasteiger partial charge in [0.05, 0.1) is 24.1 Å². The van der Waals surface area contributed by atoms with E-state index in [2.05, 4.69) is 16.5 Å². The number of rotatable bonds is 6. The molecular weight excluding hydrogens is 439 g/mol. The van der Waals surface area contributed by atoms with Crippen molar-refractivity contribution in [3.8, 4) is 6.07 Å². The van der Waals surface area contributed by atoms with Gasteiger partial charge in [-0.2, -0.15) is 10.4 Å². The summed E-state index contributed by atoms with van der Waals surface area (Å²) in [5.74, 6) is -1.66. The number of amides is 2. The van der Waals surface area contributed by atoms with E-state index in [9.17, 15) is 24.3 Å². The zero-order valence-corrected chi connectivity index (χ0v) is 18.1. The van der Waals surface area contributed by atoms with E-state index < -0.39 is 35.8 Å². The number of anilines is 2. The fourth-order valence-corrected chi connectivity index (χ4v) is 4.37. The number of carboxylic acid groups (broad SMARTS) is 1. The van der Waals surface area contributed by atoms with Crippen LogP contribution in [0.25, 0.3) is 0 Å². The Morgan fingerprint density at radius 3 is 2.53 bits per heavy atom. The number of aromatic nitrogens is 2. The summed E-state index contributed by atoms with van der Waals surface area (Å²) in [7, 11) is 0. The summed E-state index contributed by atoms with van der Waals surface area (Å²) in [5.41, 5.74) is 7.08. The van der Waals surface area contributed by atoms with E-state index in [-0.39, 0.29) is 17.9 Å². The van der Waals surface area contributed by atoms with Crippen LogP contribution in [0.3, 0.4) is 0 Å². The minimum absolute atomic E-state index is 0.112. The van der Waals surface area contributed by atoms with E-state index in [0.29, 0.717) is 18.5 Å². The third-order valence-corrected chi connectivity index (χ3v) is 6.02. The van der Waals surface area contributed by atoms with Crippen LogP contribution in [0.4, 0.5) is 20.7 Å². The molecule has 10 heteroatoms. The number of nitrogens with one attached hydrogen (secondary N) is 1.